The van der Waals surface area contributed by atoms with Gasteiger partial charge in [0.1, 0.15) is 0 Å². The molecule has 0 aromatic rings. The fourth-order valence-electron chi connectivity index (χ4n) is 1.55. The highest BCUT2D eigenvalue weighted by molar-refractivity contribution is 7.69. The van der Waals surface area contributed by atoms with Gasteiger partial charge in [0.15, 0.2) is 0 Å². The largest absolute Gasteiger partial charge is 0.472 e. The Morgan fingerprint density at radius 2 is 0.880 bits per heavy atom. The normalized spacial score (nSPS) is 20.4. The summed E-state index contributed by atoms with van der Waals surface area (Å²) in [5.74, 6) is 0. The summed E-state index contributed by atoms with van der Waals surface area (Å²) in [4.78, 5) is 24.5. The van der Waals surface area contributed by atoms with E-state index < -0.39 is 13.3 Å². The van der Waals surface area contributed by atoms with Crippen LogP contribution in [0.4, 0.5) is 4.79 Å². The van der Waals surface area contributed by atoms with Crippen LogP contribution in [0.3, 0.4) is 0 Å². The van der Waals surface area contributed by atoms with Gasteiger partial charge in [-0.2, -0.15) is 0 Å². The zero-order valence-corrected chi connectivity index (χ0v) is 15.2. The van der Waals surface area contributed by atoms with Gasteiger partial charge in [-0.3, -0.25) is 0 Å². The smallest absolute Gasteiger partial charge is 0.433 e. The van der Waals surface area contributed by atoms with E-state index in [0.717, 1.165) is 78.9 Å². The zero-order valence-electron chi connectivity index (χ0n) is 14.3. The second-order valence-corrected chi connectivity index (χ2v) is 6.38. The van der Waals surface area contributed by atoms with Crippen molar-refractivity contribution >= 4 is 13.3 Å². The SMILES string of the molecule is C1COCCN1.C1COCCN1.C1COCCN1.O=C(O)P(=O)(O)O. The fourth-order valence-corrected chi connectivity index (χ4v) is 1.55. The molecule has 0 spiro atoms. The van der Waals surface area contributed by atoms with E-state index >= 15 is 0 Å². The van der Waals surface area contributed by atoms with E-state index in [1.165, 1.54) is 0 Å². The third-order valence-electron chi connectivity index (χ3n) is 2.79. The third kappa shape index (κ3) is 19.6. The van der Waals surface area contributed by atoms with Gasteiger partial charge >= 0.3 is 13.3 Å². The van der Waals surface area contributed by atoms with Crippen LogP contribution in [-0.2, 0) is 18.8 Å². The molecule has 12 heteroatoms. The summed E-state index contributed by atoms with van der Waals surface area (Å²) in [5.41, 5.74) is -2.09. The predicted octanol–water partition coefficient (Wildman–Crippen LogP) is -1.34. The lowest BCUT2D eigenvalue weighted by Gasteiger charge is -2.10. The highest BCUT2D eigenvalue weighted by Crippen LogP contribution is 2.34. The minimum atomic E-state index is -4.82. The van der Waals surface area contributed by atoms with Crippen LogP contribution >= 0.6 is 7.60 Å². The Morgan fingerprint density at radius 1 is 0.680 bits per heavy atom. The minimum Gasteiger partial charge on any atom is -0.472 e. The van der Waals surface area contributed by atoms with Gasteiger partial charge in [-0.15, -0.1) is 0 Å². The molecule has 3 fully saturated rings. The summed E-state index contributed by atoms with van der Waals surface area (Å²) in [7, 11) is -4.82. The lowest BCUT2D eigenvalue weighted by atomic mass is 10.5. The van der Waals surface area contributed by atoms with E-state index in [1.54, 1.807) is 0 Å². The predicted molar refractivity (Wildman–Crippen MR) is 91.1 cm³/mol. The molecule has 0 saturated carbocycles. The maximum Gasteiger partial charge on any atom is 0.433 e. The Balaban J connectivity index is 0.000000307. The van der Waals surface area contributed by atoms with Crippen molar-refractivity contribution in [3.8, 4) is 0 Å². The molecule has 3 aliphatic rings. The van der Waals surface area contributed by atoms with Crippen molar-refractivity contribution in [2.45, 2.75) is 0 Å². The third-order valence-corrected chi connectivity index (χ3v) is 3.29. The van der Waals surface area contributed by atoms with Gasteiger partial charge in [0, 0.05) is 39.3 Å². The summed E-state index contributed by atoms with van der Waals surface area (Å²) in [6.45, 7) is 11.5. The first kappa shape index (κ1) is 24.4. The molecule has 3 rings (SSSR count). The minimum absolute atomic E-state index is 0.889. The van der Waals surface area contributed by atoms with Crippen LogP contribution in [0.5, 0.6) is 0 Å². The van der Waals surface area contributed by atoms with Crippen molar-refractivity contribution in [2.75, 3.05) is 78.9 Å². The van der Waals surface area contributed by atoms with E-state index in [0.29, 0.717) is 0 Å². The lowest BCUT2D eigenvalue weighted by Crippen LogP contribution is -2.30. The second-order valence-electron chi connectivity index (χ2n) is 4.91. The van der Waals surface area contributed by atoms with Crippen molar-refractivity contribution < 1.29 is 38.5 Å². The quantitative estimate of drug-likeness (QED) is 0.296. The lowest BCUT2D eigenvalue weighted by molar-refractivity contribution is 0.109. The van der Waals surface area contributed by atoms with Crippen molar-refractivity contribution in [3.63, 3.8) is 0 Å². The standard InChI is InChI=1S/3C4H9NO.CH3O5P/c3*1-3-6-4-2-5-1;2-1(3)7(4,5)6/h3*5H,1-4H2;(H,2,3)(H2,4,5,6). The van der Waals surface area contributed by atoms with Crippen LogP contribution in [0.1, 0.15) is 0 Å². The van der Waals surface area contributed by atoms with Crippen LogP contribution in [0.2, 0.25) is 0 Å². The summed E-state index contributed by atoms with van der Waals surface area (Å²) in [5, 5.41) is 17.0. The van der Waals surface area contributed by atoms with Crippen LogP contribution in [0, 0.1) is 0 Å². The Labute approximate surface area is 147 Å². The number of carbonyl (C=O) groups is 1. The van der Waals surface area contributed by atoms with Crippen molar-refractivity contribution in [3.05, 3.63) is 0 Å². The van der Waals surface area contributed by atoms with E-state index in [2.05, 4.69) is 16.0 Å². The molecule has 0 bridgehead atoms. The fraction of sp³-hybridized carbons (Fsp3) is 0.923. The maximum atomic E-state index is 9.43. The Kier molecular flexibility index (Phi) is 16.4. The number of ether oxygens (including phenoxy) is 3. The molecule has 0 unspecified atom stereocenters. The van der Waals surface area contributed by atoms with Crippen LogP contribution in [0.25, 0.3) is 0 Å². The van der Waals surface area contributed by atoms with Crippen LogP contribution < -0.4 is 16.0 Å². The maximum absolute atomic E-state index is 9.43. The molecular weight excluding hydrogens is 357 g/mol. The molecule has 0 aromatic carbocycles. The van der Waals surface area contributed by atoms with E-state index in [1.807, 2.05) is 0 Å². The Bertz CT molecular complexity index is 294. The highest BCUT2D eigenvalue weighted by atomic mass is 31.2. The summed E-state index contributed by atoms with van der Waals surface area (Å²) in [6.07, 6.45) is 0. The average Bonchev–Trinajstić information content (AvgIpc) is 2.67. The molecule has 3 heterocycles. The summed E-state index contributed by atoms with van der Waals surface area (Å²) in [6, 6.07) is 0. The number of carboxylic acid groups (broad SMARTS) is 1. The first-order valence-electron chi connectivity index (χ1n) is 8.09. The molecule has 3 saturated heterocycles. The highest BCUT2D eigenvalue weighted by Gasteiger charge is 2.23. The molecule has 0 radical (unpaired) electrons. The molecule has 11 nitrogen and oxygen atoms in total. The molecule has 0 atom stereocenters. The molecule has 0 aliphatic carbocycles. The summed E-state index contributed by atoms with van der Waals surface area (Å²) < 4.78 is 24.4. The molecule has 0 aromatic heterocycles. The topological polar surface area (TPSA) is 159 Å². The van der Waals surface area contributed by atoms with Crippen LogP contribution in [-0.4, -0.2) is 99.5 Å². The van der Waals surface area contributed by atoms with Crippen molar-refractivity contribution in [1.29, 1.82) is 0 Å². The van der Waals surface area contributed by atoms with Crippen molar-refractivity contribution in [2.24, 2.45) is 0 Å². The molecule has 0 amide bonds. The number of hydrogen-bond acceptors (Lipinski definition) is 8. The molecule has 150 valence electrons. The van der Waals surface area contributed by atoms with Gasteiger partial charge in [0.25, 0.3) is 0 Å². The van der Waals surface area contributed by atoms with Crippen molar-refractivity contribution in [1.82, 2.24) is 16.0 Å². The Morgan fingerprint density at radius 3 is 0.920 bits per heavy atom. The summed E-state index contributed by atoms with van der Waals surface area (Å²) >= 11 is 0. The van der Waals surface area contributed by atoms with Gasteiger partial charge in [0.05, 0.1) is 39.6 Å². The van der Waals surface area contributed by atoms with Gasteiger partial charge in [-0.05, 0) is 0 Å². The van der Waals surface area contributed by atoms with Gasteiger partial charge < -0.3 is 45.1 Å². The Hall–Kier alpha value is -0.620. The number of rotatable bonds is 1. The number of nitrogens with one attached hydrogen (secondary N) is 3. The molecule has 6 N–H and O–H groups in total. The first-order valence-corrected chi connectivity index (χ1v) is 9.70. The number of morpholine rings is 3. The zero-order chi connectivity index (χ0) is 18.8. The number of hydrogen-bond donors (Lipinski definition) is 6. The van der Waals surface area contributed by atoms with Gasteiger partial charge in [-0.25, -0.2) is 9.36 Å². The second kappa shape index (κ2) is 16.8. The van der Waals surface area contributed by atoms with Crippen LogP contribution in [0.15, 0.2) is 0 Å². The first-order chi connectivity index (χ1) is 11.9. The molecule has 3 aliphatic heterocycles. The monoisotopic (exact) mass is 387 g/mol. The van der Waals surface area contributed by atoms with E-state index in [4.69, 9.17) is 29.1 Å². The molecule has 25 heavy (non-hydrogen) atoms. The van der Waals surface area contributed by atoms with Gasteiger partial charge in [0.2, 0.25) is 0 Å². The molecular formula is C13H30N3O8P. The van der Waals surface area contributed by atoms with E-state index in [-0.39, 0.29) is 0 Å². The van der Waals surface area contributed by atoms with Gasteiger partial charge in [-0.1, -0.05) is 0 Å². The van der Waals surface area contributed by atoms with E-state index in [9.17, 15) is 9.36 Å². The average molecular weight is 387 g/mol.